The average molecular weight is 268 g/mol. The fraction of sp³-hybridized carbons (Fsp3) is 0.308. The van der Waals surface area contributed by atoms with E-state index < -0.39 is 0 Å². The third-order valence-electron chi connectivity index (χ3n) is 2.43. The molecule has 0 unspecified atom stereocenters. The van der Waals surface area contributed by atoms with E-state index >= 15 is 0 Å². The Labute approximate surface area is 110 Å². The zero-order valence-corrected chi connectivity index (χ0v) is 10.6. The number of halogens is 1. The number of nitrogens with two attached hydrogens (primary N) is 1. The Bertz CT molecular complexity index is 454. The van der Waals surface area contributed by atoms with Gasteiger partial charge in [-0.15, -0.1) is 0 Å². The smallest absolute Gasteiger partial charge is 0.170 e. The van der Waals surface area contributed by atoms with Gasteiger partial charge in [0.05, 0.1) is 13.0 Å². The standard InChI is InChI=1S/C13H14ClNO3/c14-10-3-1-9(2-4-10)13(18)7-11(16)5-6-12(17)8-15/h1-4H,5-8,15H2. The van der Waals surface area contributed by atoms with Gasteiger partial charge in [-0.3, -0.25) is 14.4 Å². The number of carbonyl (C=O) groups excluding carboxylic acids is 3. The lowest BCUT2D eigenvalue weighted by Gasteiger charge is -2.01. The van der Waals surface area contributed by atoms with Gasteiger partial charge in [0.1, 0.15) is 11.6 Å². The van der Waals surface area contributed by atoms with Gasteiger partial charge in [0, 0.05) is 23.4 Å². The highest BCUT2D eigenvalue weighted by Gasteiger charge is 2.12. The molecule has 0 bridgehead atoms. The van der Waals surface area contributed by atoms with E-state index in [2.05, 4.69) is 0 Å². The maximum atomic E-state index is 11.7. The van der Waals surface area contributed by atoms with Crippen LogP contribution in [0, 0.1) is 0 Å². The van der Waals surface area contributed by atoms with Crippen molar-refractivity contribution in [1.82, 2.24) is 0 Å². The molecule has 1 rings (SSSR count). The first-order chi connectivity index (χ1) is 8.52. The molecular weight excluding hydrogens is 254 g/mol. The van der Waals surface area contributed by atoms with Crippen molar-refractivity contribution in [1.29, 1.82) is 0 Å². The zero-order chi connectivity index (χ0) is 13.5. The average Bonchev–Trinajstić information content (AvgIpc) is 2.36. The second kappa shape index (κ2) is 7.03. The van der Waals surface area contributed by atoms with E-state index in [4.69, 9.17) is 17.3 Å². The quantitative estimate of drug-likeness (QED) is 0.603. The van der Waals surface area contributed by atoms with Crippen molar-refractivity contribution in [3.8, 4) is 0 Å². The maximum Gasteiger partial charge on any atom is 0.170 e. The van der Waals surface area contributed by atoms with Crippen LogP contribution in [0.5, 0.6) is 0 Å². The van der Waals surface area contributed by atoms with E-state index in [9.17, 15) is 14.4 Å². The first kappa shape index (κ1) is 14.5. The second-order valence-electron chi connectivity index (χ2n) is 3.89. The van der Waals surface area contributed by atoms with Crippen LogP contribution in [0.15, 0.2) is 24.3 Å². The van der Waals surface area contributed by atoms with E-state index in [1.807, 2.05) is 0 Å². The van der Waals surface area contributed by atoms with Crippen LogP contribution in [0.25, 0.3) is 0 Å². The molecule has 1 aromatic rings. The van der Waals surface area contributed by atoms with Crippen molar-refractivity contribution in [2.45, 2.75) is 19.3 Å². The summed E-state index contributed by atoms with van der Waals surface area (Å²) < 4.78 is 0. The number of rotatable bonds is 7. The predicted octanol–water partition coefficient (Wildman–Crippen LogP) is 1.79. The minimum absolute atomic E-state index is 0.0648. The molecule has 96 valence electrons. The van der Waals surface area contributed by atoms with Gasteiger partial charge in [0.2, 0.25) is 0 Å². The summed E-state index contributed by atoms with van der Waals surface area (Å²) >= 11 is 5.70. The lowest BCUT2D eigenvalue weighted by Crippen LogP contribution is -2.15. The van der Waals surface area contributed by atoms with E-state index in [-0.39, 0.29) is 43.2 Å². The second-order valence-corrected chi connectivity index (χ2v) is 4.32. The van der Waals surface area contributed by atoms with E-state index in [1.54, 1.807) is 24.3 Å². The van der Waals surface area contributed by atoms with Crippen molar-refractivity contribution >= 4 is 29.0 Å². The van der Waals surface area contributed by atoms with Crippen LogP contribution in [0.2, 0.25) is 5.02 Å². The van der Waals surface area contributed by atoms with Gasteiger partial charge < -0.3 is 5.73 Å². The Kier molecular flexibility index (Phi) is 5.68. The van der Waals surface area contributed by atoms with Gasteiger partial charge in [-0.1, -0.05) is 11.6 Å². The van der Waals surface area contributed by atoms with Crippen molar-refractivity contribution in [2.75, 3.05) is 6.54 Å². The van der Waals surface area contributed by atoms with Gasteiger partial charge in [0.15, 0.2) is 5.78 Å². The van der Waals surface area contributed by atoms with Crippen LogP contribution in [0.1, 0.15) is 29.6 Å². The summed E-state index contributed by atoms with van der Waals surface area (Å²) in [5.74, 6) is -0.698. The van der Waals surface area contributed by atoms with E-state index in [0.717, 1.165) is 0 Å². The van der Waals surface area contributed by atoms with Crippen molar-refractivity contribution in [3.05, 3.63) is 34.9 Å². The van der Waals surface area contributed by atoms with Crippen LogP contribution in [0.3, 0.4) is 0 Å². The van der Waals surface area contributed by atoms with Crippen LogP contribution in [-0.2, 0) is 9.59 Å². The minimum atomic E-state index is -0.267. The van der Waals surface area contributed by atoms with Crippen molar-refractivity contribution < 1.29 is 14.4 Å². The molecule has 0 saturated carbocycles. The molecule has 0 aliphatic heterocycles. The third-order valence-corrected chi connectivity index (χ3v) is 2.69. The van der Waals surface area contributed by atoms with Crippen LogP contribution in [0.4, 0.5) is 0 Å². The first-order valence-electron chi connectivity index (χ1n) is 5.55. The number of Topliss-reactive ketones (excluding diaryl/α,β-unsaturated/α-hetero) is 3. The Morgan fingerprint density at radius 3 is 2.11 bits per heavy atom. The molecule has 0 fully saturated rings. The molecule has 2 N–H and O–H groups in total. The molecule has 5 heteroatoms. The summed E-state index contributed by atoms with van der Waals surface area (Å²) in [4.78, 5) is 34.1. The Balaban J connectivity index is 2.47. The summed E-state index contributed by atoms with van der Waals surface area (Å²) in [6, 6.07) is 6.33. The SMILES string of the molecule is NCC(=O)CCC(=O)CC(=O)c1ccc(Cl)cc1. The third kappa shape index (κ3) is 4.77. The van der Waals surface area contributed by atoms with Gasteiger partial charge in [-0.05, 0) is 24.3 Å². The molecule has 1 aromatic carbocycles. The topological polar surface area (TPSA) is 77.2 Å². The van der Waals surface area contributed by atoms with Gasteiger partial charge in [-0.2, -0.15) is 0 Å². The van der Waals surface area contributed by atoms with E-state index in [0.29, 0.717) is 10.6 Å². The summed E-state index contributed by atoms with van der Waals surface area (Å²) in [6.07, 6.45) is -0.0297. The molecular formula is C13H14ClNO3. The Morgan fingerprint density at radius 2 is 1.56 bits per heavy atom. The Morgan fingerprint density at radius 1 is 1.00 bits per heavy atom. The highest BCUT2D eigenvalue weighted by atomic mass is 35.5. The number of ketones is 3. The molecule has 4 nitrogen and oxygen atoms in total. The van der Waals surface area contributed by atoms with Gasteiger partial charge in [0.25, 0.3) is 0 Å². The molecule has 0 radical (unpaired) electrons. The molecule has 0 heterocycles. The van der Waals surface area contributed by atoms with Gasteiger partial charge >= 0.3 is 0 Å². The highest BCUT2D eigenvalue weighted by molar-refractivity contribution is 6.30. The number of benzene rings is 1. The molecule has 0 spiro atoms. The molecule has 0 atom stereocenters. The summed E-state index contributed by atoms with van der Waals surface area (Å²) in [5, 5.41) is 0.534. The van der Waals surface area contributed by atoms with Crippen molar-refractivity contribution in [3.63, 3.8) is 0 Å². The first-order valence-corrected chi connectivity index (χ1v) is 5.93. The van der Waals surface area contributed by atoms with E-state index in [1.165, 1.54) is 0 Å². The van der Waals surface area contributed by atoms with Crippen molar-refractivity contribution in [2.24, 2.45) is 5.73 Å². The molecule has 0 aliphatic carbocycles. The van der Waals surface area contributed by atoms with Crippen LogP contribution >= 0.6 is 11.6 Å². The number of carbonyl (C=O) groups is 3. The molecule has 0 amide bonds. The predicted molar refractivity (Wildman–Crippen MR) is 68.7 cm³/mol. The monoisotopic (exact) mass is 267 g/mol. The summed E-state index contributed by atoms with van der Waals surface area (Å²) in [5.41, 5.74) is 5.57. The fourth-order valence-corrected chi connectivity index (χ4v) is 1.51. The molecule has 0 aromatic heterocycles. The molecule has 18 heavy (non-hydrogen) atoms. The van der Waals surface area contributed by atoms with Crippen LogP contribution < -0.4 is 5.73 Å². The summed E-state index contributed by atoms with van der Waals surface area (Å²) in [6.45, 7) is -0.0710. The van der Waals surface area contributed by atoms with Gasteiger partial charge in [-0.25, -0.2) is 0 Å². The summed E-state index contributed by atoms with van der Waals surface area (Å²) in [7, 11) is 0. The normalized spacial score (nSPS) is 10.1. The Hall–Kier alpha value is -1.52. The zero-order valence-electron chi connectivity index (χ0n) is 9.82. The largest absolute Gasteiger partial charge is 0.324 e. The number of hydrogen-bond donors (Lipinski definition) is 1. The maximum absolute atomic E-state index is 11.7. The lowest BCUT2D eigenvalue weighted by molar-refractivity contribution is -0.123. The molecule has 0 aliphatic rings. The lowest BCUT2D eigenvalue weighted by atomic mass is 10.0. The fourth-order valence-electron chi connectivity index (χ4n) is 1.39. The number of hydrogen-bond acceptors (Lipinski definition) is 4. The minimum Gasteiger partial charge on any atom is -0.324 e. The van der Waals surface area contributed by atoms with Crippen LogP contribution in [-0.4, -0.2) is 23.9 Å². The molecule has 0 saturated heterocycles. The highest BCUT2D eigenvalue weighted by Crippen LogP contribution is 2.11.